The normalized spacial score (nSPS) is 51.6. The lowest BCUT2D eigenvalue weighted by Gasteiger charge is -2.67. The van der Waals surface area contributed by atoms with Gasteiger partial charge in [0.25, 0.3) is 0 Å². The van der Waals surface area contributed by atoms with E-state index in [1.807, 2.05) is 6.92 Å². The van der Waals surface area contributed by atoms with Gasteiger partial charge in [0.2, 0.25) is 0 Å². The number of hydrogen-bond donors (Lipinski definition) is 2. The second-order valence-electron chi connectivity index (χ2n) is 11.1. The Labute approximate surface area is 179 Å². The van der Waals surface area contributed by atoms with Gasteiger partial charge in [-0.2, -0.15) is 0 Å². The molecule has 0 amide bonds. The Morgan fingerprint density at radius 3 is 2.33 bits per heavy atom. The lowest BCUT2D eigenvalue weighted by Crippen LogP contribution is -2.69. The molecule has 3 saturated carbocycles. The molecule has 0 aromatic carbocycles. The number of aliphatic hydroxyl groups is 2. The minimum atomic E-state index is -0.632. The quantitative estimate of drug-likeness (QED) is 0.539. The second kappa shape index (κ2) is 6.80. The summed E-state index contributed by atoms with van der Waals surface area (Å²) in [6.45, 7) is 9.31. The molecule has 2 bridgehead atoms. The molecule has 4 aliphatic rings. The number of esters is 2. The van der Waals surface area contributed by atoms with Crippen molar-refractivity contribution in [3.63, 3.8) is 0 Å². The number of rotatable bonds is 3. The van der Waals surface area contributed by atoms with Crippen LogP contribution in [0.15, 0.2) is 12.2 Å². The van der Waals surface area contributed by atoms with Gasteiger partial charge in [0.15, 0.2) is 0 Å². The Balaban J connectivity index is 1.81. The van der Waals surface area contributed by atoms with Gasteiger partial charge in [-0.25, -0.2) is 0 Å². The summed E-state index contributed by atoms with van der Waals surface area (Å²) in [6.07, 6.45) is 6.44. The molecule has 9 atom stereocenters. The number of aliphatic hydroxyl groups excluding tert-OH is 2. The van der Waals surface area contributed by atoms with Gasteiger partial charge in [0.1, 0.15) is 6.10 Å². The zero-order valence-corrected chi connectivity index (χ0v) is 18.8. The maximum atomic E-state index is 12.1. The Morgan fingerprint density at radius 2 is 1.70 bits per heavy atom. The number of carbonyl (C=O) groups is 2. The Morgan fingerprint density at radius 1 is 1.00 bits per heavy atom. The van der Waals surface area contributed by atoms with Crippen molar-refractivity contribution in [1.29, 1.82) is 0 Å². The summed E-state index contributed by atoms with van der Waals surface area (Å²) in [5, 5.41) is 22.5. The van der Waals surface area contributed by atoms with Crippen LogP contribution in [-0.4, -0.2) is 47.1 Å². The van der Waals surface area contributed by atoms with Gasteiger partial charge >= 0.3 is 11.9 Å². The Bertz CT molecular complexity index is 778. The van der Waals surface area contributed by atoms with Crippen molar-refractivity contribution in [2.45, 2.75) is 85.0 Å². The summed E-state index contributed by atoms with van der Waals surface area (Å²) >= 11 is 0. The maximum absolute atomic E-state index is 12.1. The van der Waals surface area contributed by atoms with Gasteiger partial charge in [-0.3, -0.25) is 9.59 Å². The third-order valence-electron chi connectivity index (χ3n) is 9.43. The fourth-order valence-corrected chi connectivity index (χ4v) is 7.84. The highest BCUT2D eigenvalue weighted by molar-refractivity contribution is 5.66. The van der Waals surface area contributed by atoms with E-state index in [1.165, 1.54) is 13.8 Å². The first-order chi connectivity index (χ1) is 13.9. The molecule has 0 saturated heterocycles. The molecule has 0 aliphatic heterocycles. The van der Waals surface area contributed by atoms with E-state index in [-0.39, 0.29) is 41.2 Å². The highest BCUT2D eigenvalue weighted by Gasteiger charge is 2.72. The molecule has 4 rings (SSSR count). The predicted molar refractivity (Wildman–Crippen MR) is 110 cm³/mol. The van der Waals surface area contributed by atoms with Crippen molar-refractivity contribution >= 4 is 11.9 Å². The average Bonchev–Trinajstić information content (AvgIpc) is 2.81. The highest BCUT2D eigenvalue weighted by atomic mass is 16.5. The standard InChI is InChI=1S/C24H36O6/c1-14(25)29-13-23(5)17-12-19(30-15(2)26)24-11-10-21(3,20(24)28)8-6-16(24)22(17,4)9-7-18(23)27/h10-11,16-20,27-28H,6-9,12-13H2,1-5H3/t16-,17-,18+,19-,20-,21+,22-,23+,24+/m0/s1. The molecule has 0 aromatic heterocycles. The molecule has 1 spiro atoms. The summed E-state index contributed by atoms with van der Waals surface area (Å²) in [7, 11) is 0. The van der Waals surface area contributed by atoms with E-state index >= 15 is 0 Å². The minimum Gasteiger partial charge on any atom is -0.465 e. The molecule has 0 unspecified atom stereocenters. The van der Waals surface area contributed by atoms with Crippen LogP contribution < -0.4 is 0 Å². The summed E-state index contributed by atoms with van der Waals surface area (Å²) in [5.41, 5.74) is -1.70. The van der Waals surface area contributed by atoms with E-state index in [0.29, 0.717) is 12.8 Å². The summed E-state index contributed by atoms with van der Waals surface area (Å²) < 4.78 is 11.3. The molecular weight excluding hydrogens is 384 g/mol. The molecular formula is C24H36O6. The fourth-order valence-electron chi connectivity index (χ4n) is 7.84. The first kappa shape index (κ1) is 21.8. The zero-order valence-electron chi connectivity index (χ0n) is 18.8. The molecule has 168 valence electrons. The van der Waals surface area contributed by atoms with Crippen LogP contribution in [0.2, 0.25) is 0 Å². The van der Waals surface area contributed by atoms with Gasteiger partial charge in [-0.1, -0.05) is 32.9 Å². The molecule has 6 heteroatoms. The van der Waals surface area contributed by atoms with E-state index in [9.17, 15) is 19.8 Å². The minimum absolute atomic E-state index is 0.00127. The van der Waals surface area contributed by atoms with Gasteiger partial charge in [0, 0.05) is 24.7 Å². The largest absolute Gasteiger partial charge is 0.465 e. The first-order valence-electron chi connectivity index (χ1n) is 11.3. The smallest absolute Gasteiger partial charge is 0.302 e. The average molecular weight is 421 g/mol. The maximum Gasteiger partial charge on any atom is 0.302 e. The molecule has 6 nitrogen and oxygen atoms in total. The van der Waals surface area contributed by atoms with Crippen molar-refractivity contribution in [2.24, 2.45) is 33.5 Å². The molecule has 4 aliphatic carbocycles. The Kier molecular flexibility index (Phi) is 4.94. The number of carbonyl (C=O) groups excluding carboxylic acids is 2. The molecule has 0 heterocycles. The Hall–Kier alpha value is -1.40. The third kappa shape index (κ3) is 2.75. The van der Waals surface area contributed by atoms with Gasteiger partial charge in [-0.15, -0.1) is 0 Å². The fraction of sp³-hybridized carbons (Fsp3) is 0.833. The lowest BCUT2D eigenvalue weighted by atomic mass is 9.38. The van der Waals surface area contributed by atoms with Crippen LogP contribution in [-0.2, 0) is 19.1 Å². The predicted octanol–water partition coefficient (Wildman–Crippen LogP) is 3.00. The van der Waals surface area contributed by atoms with Gasteiger partial charge in [0.05, 0.1) is 24.2 Å². The summed E-state index contributed by atoms with van der Waals surface area (Å²) in [4.78, 5) is 23.7. The molecule has 2 N–H and O–H groups in total. The number of fused-ring (bicyclic) bond motifs is 3. The first-order valence-corrected chi connectivity index (χ1v) is 11.3. The van der Waals surface area contributed by atoms with Crippen molar-refractivity contribution in [2.75, 3.05) is 6.61 Å². The summed E-state index contributed by atoms with van der Waals surface area (Å²) in [5.74, 6) is -0.589. The van der Waals surface area contributed by atoms with Crippen LogP contribution >= 0.6 is 0 Å². The monoisotopic (exact) mass is 420 g/mol. The van der Waals surface area contributed by atoms with Crippen LogP contribution in [0.1, 0.15) is 66.7 Å². The lowest BCUT2D eigenvalue weighted by molar-refractivity contribution is -0.256. The zero-order chi connectivity index (χ0) is 22.1. The van der Waals surface area contributed by atoms with E-state index in [4.69, 9.17) is 9.47 Å². The van der Waals surface area contributed by atoms with Crippen LogP contribution in [0.3, 0.4) is 0 Å². The van der Waals surface area contributed by atoms with Gasteiger partial charge in [-0.05, 0) is 49.4 Å². The molecule has 30 heavy (non-hydrogen) atoms. The van der Waals surface area contributed by atoms with E-state index in [0.717, 1.165) is 19.3 Å². The van der Waals surface area contributed by atoms with Crippen molar-refractivity contribution in [3.8, 4) is 0 Å². The highest BCUT2D eigenvalue weighted by Crippen LogP contribution is 2.72. The van der Waals surface area contributed by atoms with Crippen molar-refractivity contribution < 1.29 is 29.3 Å². The van der Waals surface area contributed by atoms with Crippen LogP contribution in [0, 0.1) is 33.5 Å². The molecule has 0 aromatic rings. The third-order valence-corrected chi connectivity index (χ3v) is 9.43. The van der Waals surface area contributed by atoms with Crippen LogP contribution in [0.25, 0.3) is 0 Å². The van der Waals surface area contributed by atoms with Crippen LogP contribution in [0.4, 0.5) is 0 Å². The van der Waals surface area contributed by atoms with Crippen LogP contribution in [0.5, 0.6) is 0 Å². The SMILES string of the molecule is CC(=O)OC[C@]1(C)[C@H]2C[C@H](OC(C)=O)[C@@]34C=C[C@@](C)(CC[C@H]3[C@]2(C)CC[C@H]1O)[C@@H]4O. The second-order valence-corrected chi connectivity index (χ2v) is 11.1. The van der Waals surface area contributed by atoms with Gasteiger partial charge < -0.3 is 19.7 Å². The molecule has 0 radical (unpaired) electrons. The topological polar surface area (TPSA) is 93.1 Å². The number of hydrogen-bond acceptors (Lipinski definition) is 6. The number of ether oxygens (including phenoxy) is 2. The summed E-state index contributed by atoms with van der Waals surface area (Å²) in [6, 6.07) is 0. The van der Waals surface area contributed by atoms with Crippen molar-refractivity contribution in [1.82, 2.24) is 0 Å². The van der Waals surface area contributed by atoms with E-state index < -0.39 is 29.1 Å². The van der Waals surface area contributed by atoms with E-state index in [2.05, 4.69) is 26.0 Å². The van der Waals surface area contributed by atoms with E-state index in [1.54, 1.807) is 0 Å². The molecule has 3 fully saturated rings. The van der Waals surface area contributed by atoms with Crippen molar-refractivity contribution in [3.05, 3.63) is 12.2 Å².